The standard InChI is InChI=1S/C6H4INO2.HI.Na/c7-5-2-1-4(3-8-5)6(9)10;;/h1-3H,(H,9,10);1H;/q;;+1/p-1. The second-order valence-corrected chi connectivity index (χ2v) is 2.78. The Morgan fingerprint density at radius 1 is 1.50 bits per heavy atom. The van der Waals surface area contributed by atoms with Crippen molar-refractivity contribution in [2.45, 2.75) is 0 Å². The van der Waals surface area contributed by atoms with Crippen molar-refractivity contribution in [3.63, 3.8) is 0 Å². The summed E-state index contributed by atoms with van der Waals surface area (Å²) in [5.41, 5.74) is 0.223. The van der Waals surface area contributed by atoms with Crippen LogP contribution in [0.25, 0.3) is 0 Å². The Bertz CT molecular complexity index is 252. The second kappa shape index (κ2) is 7.48. The van der Waals surface area contributed by atoms with E-state index in [1.807, 2.05) is 22.6 Å². The Balaban J connectivity index is 0. The molecule has 0 amide bonds. The van der Waals surface area contributed by atoms with Gasteiger partial charge in [-0.15, -0.1) is 0 Å². The first-order valence-corrected chi connectivity index (χ1v) is 3.63. The number of rotatable bonds is 1. The molecule has 1 aromatic rings. The van der Waals surface area contributed by atoms with Gasteiger partial charge in [-0.3, -0.25) is 0 Å². The molecular formula is C6H4I2NNaO2. The zero-order chi connectivity index (χ0) is 7.56. The van der Waals surface area contributed by atoms with Crippen molar-refractivity contribution in [1.29, 1.82) is 0 Å². The average molecular weight is 399 g/mol. The minimum atomic E-state index is -0.941. The van der Waals surface area contributed by atoms with Crippen LogP contribution in [0.1, 0.15) is 10.4 Å². The molecule has 0 atom stereocenters. The van der Waals surface area contributed by atoms with Gasteiger partial charge in [-0.1, -0.05) is 0 Å². The van der Waals surface area contributed by atoms with Crippen LogP contribution in [-0.4, -0.2) is 16.1 Å². The van der Waals surface area contributed by atoms with Gasteiger partial charge in [-0.2, -0.15) is 0 Å². The van der Waals surface area contributed by atoms with Gasteiger partial charge in [0.05, 0.1) is 5.56 Å². The van der Waals surface area contributed by atoms with E-state index in [9.17, 15) is 4.79 Å². The monoisotopic (exact) mass is 399 g/mol. The van der Waals surface area contributed by atoms with Crippen molar-refractivity contribution in [1.82, 2.24) is 4.98 Å². The fourth-order valence-electron chi connectivity index (χ4n) is 0.502. The molecule has 0 fully saturated rings. The molecule has 0 unspecified atom stereocenters. The maximum absolute atomic E-state index is 10.3. The number of pyridine rings is 1. The van der Waals surface area contributed by atoms with Crippen LogP contribution < -0.4 is 53.5 Å². The molecule has 0 bridgehead atoms. The summed E-state index contributed by atoms with van der Waals surface area (Å²) in [5.74, 6) is -0.941. The van der Waals surface area contributed by atoms with Gasteiger partial charge in [-0.25, -0.2) is 9.78 Å². The fraction of sp³-hybridized carbons (Fsp3) is 0. The molecule has 0 radical (unpaired) electrons. The molecule has 0 saturated carbocycles. The number of aromatic carboxylic acids is 1. The number of hydrogen-bond donors (Lipinski definition) is 1. The van der Waals surface area contributed by atoms with Gasteiger partial charge in [-0.05, 0) is 34.7 Å². The predicted octanol–water partition coefficient (Wildman–Crippen LogP) is -4.61. The second-order valence-electron chi connectivity index (χ2n) is 1.67. The van der Waals surface area contributed by atoms with Crippen molar-refractivity contribution >= 4 is 28.6 Å². The van der Waals surface area contributed by atoms with Crippen LogP contribution in [0.4, 0.5) is 0 Å². The summed E-state index contributed by atoms with van der Waals surface area (Å²) in [4.78, 5) is 14.1. The molecule has 1 heterocycles. The summed E-state index contributed by atoms with van der Waals surface area (Å²) < 4.78 is 0.794. The van der Waals surface area contributed by atoms with E-state index in [0.717, 1.165) is 3.70 Å². The maximum Gasteiger partial charge on any atom is 1.00 e. The SMILES string of the molecule is O=C(O)c1ccc(I)nc1.[I-].[Na+]. The van der Waals surface area contributed by atoms with E-state index in [4.69, 9.17) is 5.11 Å². The molecule has 0 aliphatic rings. The molecule has 0 saturated heterocycles. The summed E-state index contributed by atoms with van der Waals surface area (Å²) in [6.07, 6.45) is 1.34. The van der Waals surface area contributed by atoms with Gasteiger partial charge in [0, 0.05) is 6.20 Å². The van der Waals surface area contributed by atoms with Crippen LogP contribution in [-0.2, 0) is 0 Å². The number of carboxylic acids is 1. The molecule has 12 heavy (non-hydrogen) atoms. The van der Waals surface area contributed by atoms with Crippen LogP contribution in [0.5, 0.6) is 0 Å². The number of halogens is 2. The maximum atomic E-state index is 10.3. The third-order valence-corrected chi connectivity index (χ3v) is 1.61. The summed E-state index contributed by atoms with van der Waals surface area (Å²) in [7, 11) is 0. The first kappa shape index (κ1) is 15.5. The number of nitrogens with zero attached hydrogens (tertiary/aromatic N) is 1. The Hall–Kier alpha value is 1.08. The van der Waals surface area contributed by atoms with Crippen molar-refractivity contribution < 1.29 is 63.4 Å². The first-order valence-electron chi connectivity index (χ1n) is 2.55. The van der Waals surface area contributed by atoms with E-state index >= 15 is 0 Å². The molecule has 1 rings (SSSR count). The van der Waals surface area contributed by atoms with Gasteiger partial charge in [0.25, 0.3) is 0 Å². The minimum Gasteiger partial charge on any atom is -1.00 e. The topological polar surface area (TPSA) is 50.2 Å². The molecule has 0 aliphatic carbocycles. The summed E-state index contributed by atoms with van der Waals surface area (Å²) in [5, 5.41) is 8.43. The summed E-state index contributed by atoms with van der Waals surface area (Å²) in [6.45, 7) is 0. The zero-order valence-corrected chi connectivity index (χ0v) is 12.6. The van der Waals surface area contributed by atoms with Gasteiger partial charge in [0.2, 0.25) is 0 Å². The number of carbonyl (C=O) groups is 1. The fourth-order valence-corrected chi connectivity index (χ4v) is 0.821. The molecule has 0 spiro atoms. The van der Waals surface area contributed by atoms with Gasteiger partial charge in [0.1, 0.15) is 3.70 Å². The molecular weight excluding hydrogens is 395 g/mol. The summed E-state index contributed by atoms with van der Waals surface area (Å²) >= 11 is 2.02. The van der Waals surface area contributed by atoms with Crippen molar-refractivity contribution in [3.05, 3.63) is 27.6 Å². The normalized spacial score (nSPS) is 7.75. The quantitative estimate of drug-likeness (QED) is 0.294. The van der Waals surface area contributed by atoms with E-state index in [-0.39, 0.29) is 59.1 Å². The van der Waals surface area contributed by atoms with Crippen molar-refractivity contribution in [2.75, 3.05) is 0 Å². The van der Waals surface area contributed by atoms with Gasteiger partial charge in [0.15, 0.2) is 0 Å². The Morgan fingerprint density at radius 3 is 2.42 bits per heavy atom. The number of carboxylic acid groups (broad SMARTS) is 1. The first-order chi connectivity index (χ1) is 4.70. The van der Waals surface area contributed by atoms with Crippen LogP contribution in [0, 0.1) is 3.70 Å². The van der Waals surface area contributed by atoms with Crippen LogP contribution in [0.3, 0.4) is 0 Å². The minimum absolute atomic E-state index is 0. The molecule has 6 heteroatoms. The number of aromatic nitrogens is 1. The van der Waals surface area contributed by atoms with Crippen LogP contribution in [0.2, 0.25) is 0 Å². The molecule has 60 valence electrons. The van der Waals surface area contributed by atoms with E-state index in [1.54, 1.807) is 6.07 Å². The van der Waals surface area contributed by atoms with E-state index in [2.05, 4.69) is 4.98 Å². The van der Waals surface area contributed by atoms with E-state index in [0.29, 0.717) is 0 Å². The molecule has 3 nitrogen and oxygen atoms in total. The van der Waals surface area contributed by atoms with Gasteiger partial charge < -0.3 is 29.1 Å². The van der Waals surface area contributed by atoms with Crippen molar-refractivity contribution in [3.8, 4) is 0 Å². The van der Waals surface area contributed by atoms with Crippen molar-refractivity contribution in [2.24, 2.45) is 0 Å². The zero-order valence-electron chi connectivity index (χ0n) is 6.29. The average Bonchev–Trinajstić information content (AvgIpc) is 1.88. The Labute approximate surface area is 123 Å². The molecule has 1 N–H and O–H groups in total. The largest absolute Gasteiger partial charge is 1.00 e. The van der Waals surface area contributed by atoms with Crippen LogP contribution in [0.15, 0.2) is 18.3 Å². The summed E-state index contributed by atoms with van der Waals surface area (Å²) in [6, 6.07) is 3.18. The Morgan fingerprint density at radius 2 is 2.08 bits per heavy atom. The smallest absolute Gasteiger partial charge is 1.00 e. The number of hydrogen-bond acceptors (Lipinski definition) is 2. The Kier molecular flexibility index (Phi) is 9.69. The van der Waals surface area contributed by atoms with Gasteiger partial charge >= 0.3 is 35.5 Å². The molecule has 0 aliphatic heterocycles. The third-order valence-electron chi connectivity index (χ3n) is 0.974. The third kappa shape index (κ3) is 4.95. The molecule has 1 aromatic heterocycles. The predicted molar refractivity (Wildman–Crippen MR) is 43.9 cm³/mol. The van der Waals surface area contributed by atoms with E-state index in [1.165, 1.54) is 12.3 Å². The van der Waals surface area contributed by atoms with Crippen LogP contribution >= 0.6 is 22.6 Å². The molecule has 0 aromatic carbocycles. The van der Waals surface area contributed by atoms with E-state index < -0.39 is 5.97 Å².